The van der Waals surface area contributed by atoms with Crippen molar-refractivity contribution in [1.82, 2.24) is 9.97 Å². The van der Waals surface area contributed by atoms with E-state index in [9.17, 15) is 4.39 Å². The van der Waals surface area contributed by atoms with Crippen LogP contribution in [0.5, 0.6) is 0 Å². The van der Waals surface area contributed by atoms with Crippen molar-refractivity contribution in [3.05, 3.63) is 77.2 Å². The molecule has 0 amide bonds. The van der Waals surface area contributed by atoms with Crippen molar-refractivity contribution in [3.63, 3.8) is 0 Å². The minimum atomic E-state index is -0.245. The standard InChI is InChI=1S/C17H14ClFN4/c18-13-3-7-15(8-4-13)22-17-20-10-9-16(23-17)21-11-12-1-5-14(19)6-2-12/h1-10H,11H2,(H2,20,21,22,23). The molecule has 0 aliphatic carbocycles. The van der Waals surface area contributed by atoms with Gasteiger partial charge in [-0.05, 0) is 48.0 Å². The summed E-state index contributed by atoms with van der Waals surface area (Å²) in [6.45, 7) is 0.553. The number of rotatable bonds is 5. The van der Waals surface area contributed by atoms with Crippen LogP contribution in [-0.2, 0) is 6.54 Å². The molecule has 3 rings (SSSR count). The van der Waals surface area contributed by atoms with Gasteiger partial charge in [-0.2, -0.15) is 4.98 Å². The van der Waals surface area contributed by atoms with Gasteiger partial charge in [-0.3, -0.25) is 0 Å². The molecule has 0 unspecified atom stereocenters. The second kappa shape index (κ2) is 7.07. The Morgan fingerprint density at radius 1 is 0.957 bits per heavy atom. The molecule has 0 spiro atoms. The number of anilines is 3. The monoisotopic (exact) mass is 328 g/mol. The molecule has 0 aliphatic heterocycles. The van der Waals surface area contributed by atoms with Crippen LogP contribution in [0, 0.1) is 5.82 Å². The minimum Gasteiger partial charge on any atom is -0.366 e. The molecule has 6 heteroatoms. The number of benzene rings is 2. The molecule has 4 nitrogen and oxygen atoms in total. The molecule has 0 aliphatic rings. The fourth-order valence-electron chi connectivity index (χ4n) is 1.97. The molecule has 0 radical (unpaired) electrons. The average Bonchev–Trinajstić information content (AvgIpc) is 2.57. The first-order valence-electron chi connectivity index (χ1n) is 7.03. The van der Waals surface area contributed by atoms with Gasteiger partial charge < -0.3 is 10.6 Å². The van der Waals surface area contributed by atoms with Crippen LogP contribution in [0.1, 0.15) is 5.56 Å². The third kappa shape index (κ3) is 4.40. The van der Waals surface area contributed by atoms with Crippen LogP contribution in [0.3, 0.4) is 0 Å². The Hall–Kier alpha value is -2.66. The van der Waals surface area contributed by atoms with E-state index in [0.717, 1.165) is 11.3 Å². The zero-order valence-electron chi connectivity index (χ0n) is 12.1. The summed E-state index contributed by atoms with van der Waals surface area (Å²) < 4.78 is 12.9. The maximum atomic E-state index is 12.9. The second-order valence-electron chi connectivity index (χ2n) is 4.88. The number of aromatic nitrogens is 2. The number of hydrogen-bond acceptors (Lipinski definition) is 4. The highest BCUT2D eigenvalue weighted by Crippen LogP contribution is 2.17. The molecule has 23 heavy (non-hydrogen) atoms. The van der Waals surface area contributed by atoms with Gasteiger partial charge in [-0.25, -0.2) is 9.37 Å². The Kier molecular flexibility index (Phi) is 4.68. The van der Waals surface area contributed by atoms with Gasteiger partial charge in [0.15, 0.2) is 0 Å². The SMILES string of the molecule is Fc1ccc(CNc2ccnc(Nc3ccc(Cl)cc3)n2)cc1. The number of hydrogen-bond donors (Lipinski definition) is 2. The van der Waals surface area contributed by atoms with E-state index >= 15 is 0 Å². The van der Waals surface area contributed by atoms with E-state index < -0.39 is 0 Å². The zero-order chi connectivity index (χ0) is 16.1. The molecule has 0 atom stereocenters. The van der Waals surface area contributed by atoms with E-state index in [2.05, 4.69) is 20.6 Å². The molecule has 0 fully saturated rings. The van der Waals surface area contributed by atoms with Crippen LogP contribution in [0.2, 0.25) is 5.02 Å². The zero-order valence-corrected chi connectivity index (χ0v) is 12.9. The first-order valence-corrected chi connectivity index (χ1v) is 7.41. The van der Waals surface area contributed by atoms with Crippen LogP contribution in [-0.4, -0.2) is 9.97 Å². The lowest BCUT2D eigenvalue weighted by atomic mass is 10.2. The largest absolute Gasteiger partial charge is 0.366 e. The lowest BCUT2D eigenvalue weighted by Crippen LogP contribution is -2.04. The highest BCUT2D eigenvalue weighted by Gasteiger charge is 2.01. The quantitative estimate of drug-likeness (QED) is 0.717. The molecular formula is C17H14ClFN4. The van der Waals surface area contributed by atoms with Crippen molar-refractivity contribution in [1.29, 1.82) is 0 Å². The van der Waals surface area contributed by atoms with Gasteiger partial charge in [0.1, 0.15) is 11.6 Å². The molecule has 3 aromatic rings. The smallest absolute Gasteiger partial charge is 0.229 e. The van der Waals surface area contributed by atoms with Crippen LogP contribution in [0.25, 0.3) is 0 Å². The molecule has 116 valence electrons. The molecule has 1 heterocycles. The Labute approximate surface area is 138 Å². The van der Waals surface area contributed by atoms with E-state index in [-0.39, 0.29) is 5.82 Å². The Bertz CT molecular complexity index is 775. The summed E-state index contributed by atoms with van der Waals surface area (Å²) in [5.74, 6) is 0.919. The van der Waals surface area contributed by atoms with E-state index in [1.807, 2.05) is 12.1 Å². The molecular weight excluding hydrogens is 315 g/mol. The molecule has 0 saturated carbocycles. The molecule has 1 aromatic heterocycles. The van der Waals surface area contributed by atoms with E-state index in [1.54, 1.807) is 36.5 Å². The van der Waals surface area contributed by atoms with Gasteiger partial charge in [0.25, 0.3) is 0 Å². The van der Waals surface area contributed by atoms with E-state index in [4.69, 9.17) is 11.6 Å². The lowest BCUT2D eigenvalue weighted by Gasteiger charge is -2.08. The van der Waals surface area contributed by atoms with Gasteiger partial charge in [-0.1, -0.05) is 23.7 Å². The van der Waals surface area contributed by atoms with Crippen LogP contribution in [0.4, 0.5) is 21.8 Å². The van der Waals surface area contributed by atoms with Gasteiger partial charge in [0.2, 0.25) is 5.95 Å². The highest BCUT2D eigenvalue weighted by atomic mass is 35.5. The average molecular weight is 329 g/mol. The van der Waals surface area contributed by atoms with Crippen molar-refractivity contribution in [3.8, 4) is 0 Å². The second-order valence-corrected chi connectivity index (χ2v) is 5.31. The third-order valence-corrected chi connectivity index (χ3v) is 3.39. The topological polar surface area (TPSA) is 49.8 Å². The summed E-state index contributed by atoms with van der Waals surface area (Å²) in [5.41, 5.74) is 1.82. The van der Waals surface area contributed by atoms with Crippen LogP contribution >= 0.6 is 11.6 Å². The van der Waals surface area contributed by atoms with Crippen molar-refractivity contribution in [2.75, 3.05) is 10.6 Å². The molecule has 2 N–H and O–H groups in total. The summed E-state index contributed by atoms with van der Waals surface area (Å²) in [5, 5.41) is 6.96. The van der Waals surface area contributed by atoms with Crippen molar-refractivity contribution < 1.29 is 4.39 Å². The first kappa shape index (κ1) is 15.2. The number of nitrogens with one attached hydrogen (secondary N) is 2. The van der Waals surface area contributed by atoms with Gasteiger partial charge in [0, 0.05) is 23.5 Å². The summed E-state index contributed by atoms with van der Waals surface area (Å²) in [6, 6.07) is 15.4. The molecule has 2 aromatic carbocycles. The normalized spacial score (nSPS) is 10.3. The molecule has 0 saturated heterocycles. The summed E-state index contributed by atoms with van der Waals surface area (Å²) in [6.07, 6.45) is 1.66. The Morgan fingerprint density at radius 3 is 2.43 bits per heavy atom. The van der Waals surface area contributed by atoms with E-state index in [0.29, 0.717) is 23.3 Å². The maximum Gasteiger partial charge on any atom is 0.229 e. The summed E-state index contributed by atoms with van der Waals surface area (Å²) in [7, 11) is 0. The number of halogens is 2. The number of nitrogens with zero attached hydrogens (tertiary/aromatic N) is 2. The van der Waals surface area contributed by atoms with Crippen LogP contribution < -0.4 is 10.6 Å². The third-order valence-electron chi connectivity index (χ3n) is 3.14. The Balaban J connectivity index is 1.65. The van der Waals surface area contributed by atoms with Gasteiger partial charge in [0.05, 0.1) is 0 Å². The summed E-state index contributed by atoms with van der Waals surface area (Å²) in [4.78, 5) is 8.56. The molecule has 0 bridgehead atoms. The van der Waals surface area contributed by atoms with Gasteiger partial charge >= 0.3 is 0 Å². The van der Waals surface area contributed by atoms with Crippen molar-refractivity contribution in [2.45, 2.75) is 6.54 Å². The summed E-state index contributed by atoms with van der Waals surface area (Å²) >= 11 is 5.86. The lowest BCUT2D eigenvalue weighted by molar-refractivity contribution is 0.627. The first-order chi connectivity index (χ1) is 11.2. The van der Waals surface area contributed by atoms with Crippen molar-refractivity contribution >= 4 is 29.1 Å². The predicted octanol–water partition coefficient (Wildman–Crippen LogP) is 4.62. The minimum absolute atomic E-state index is 0.245. The highest BCUT2D eigenvalue weighted by molar-refractivity contribution is 6.30. The van der Waals surface area contributed by atoms with Crippen LogP contribution in [0.15, 0.2) is 60.8 Å². The van der Waals surface area contributed by atoms with E-state index in [1.165, 1.54) is 12.1 Å². The van der Waals surface area contributed by atoms with Crippen molar-refractivity contribution in [2.24, 2.45) is 0 Å². The van der Waals surface area contributed by atoms with Gasteiger partial charge in [-0.15, -0.1) is 0 Å². The predicted molar refractivity (Wildman–Crippen MR) is 90.5 cm³/mol. The Morgan fingerprint density at radius 2 is 1.70 bits per heavy atom. The fraction of sp³-hybridized carbons (Fsp3) is 0.0588. The fourth-order valence-corrected chi connectivity index (χ4v) is 2.10. The maximum absolute atomic E-state index is 12.9.